The number of hydrogen-bond acceptors (Lipinski definition) is 2. The van der Waals surface area contributed by atoms with Gasteiger partial charge in [-0.3, -0.25) is 10.2 Å². The van der Waals surface area contributed by atoms with Crippen molar-refractivity contribution in [1.29, 1.82) is 5.41 Å². The van der Waals surface area contributed by atoms with Gasteiger partial charge in [0.05, 0.1) is 0 Å². The average molecular weight is 303 g/mol. The minimum atomic E-state index is 0.0104. The largest absolute Gasteiger partial charge is 0.384 e. The molecule has 1 aromatic rings. The minimum Gasteiger partial charge on any atom is -0.384 e. The molecule has 22 heavy (non-hydrogen) atoms. The van der Waals surface area contributed by atoms with E-state index in [-0.39, 0.29) is 17.7 Å². The maximum absolute atomic E-state index is 12.3. The van der Waals surface area contributed by atoms with Gasteiger partial charge in [-0.15, -0.1) is 0 Å². The van der Waals surface area contributed by atoms with Crippen LogP contribution in [-0.4, -0.2) is 29.7 Å². The van der Waals surface area contributed by atoms with Gasteiger partial charge in [0.25, 0.3) is 0 Å². The summed E-state index contributed by atoms with van der Waals surface area (Å²) in [4.78, 5) is 14.3. The van der Waals surface area contributed by atoms with Crippen LogP contribution in [0.5, 0.6) is 0 Å². The maximum Gasteiger partial charge on any atom is 0.225 e. The molecular weight excluding hydrogens is 274 g/mol. The van der Waals surface area contributed by atoms with Gasteiger partial charge in [0.2, 0.25) is 5.91 Å². The van der Waals surface area contributed by atoms with Crippen LogP contribution in [0.25, 0.3) is 0 Å². The van der Waals surface area contributed by atoms with Gasteiger partial charge >= 0.3 is 0 Å². The Hall–Kier alpha value is -1.84. The summed E-state index contributed by atoms with van der Waals surface area (Å²) in [5.74, 6) is 0.352. The van der Waals surface area contributed by atoms with E-state index in [1.54, 1.807) is 0 Å². The van der Waals surface area contributed by atoms with Gasteiger partial charge in [0, 0.05) is 24.6 Å². The van der Waals surface area contributed by atoms with E-state index in [9.17, 15) is 4.79 Å². The van der Waals surface area contributed by atoms with Gasteiger partial charge in [0.15, 0.2) is 0 Å². The summed E-state index contributed by atoms with van der Waals surface area (Å²) >= 11 is 0. The van der Waals surface area contributed by atoms with Crippen molar-refractivity contribution < 1.29 is 4.79 Å². The first-order chi connectivity index (χ1) is 10.6. The Bertz CT molecular complexity index is 476. The standard InChI is InChI=1S/C16H23N3O.C2H6/c1-12(16(20)19-9-3-2-4-10-19)11-13-5-7-14(8-6-13)15(17)18;1-2/h5-8,12H,2-4,9-11H2,1H3,(H3,17,18);1-2H3. The van der Waals surface area contributed by atoms with E-state index in [0.29, 0.717) is 0 Å². The molecule has 0 aliphatic carbocycles. The van der Waals surface area contributed by atoms with Crippen molar-refractivity contribution in [3.63, 3.8) is 0 Å². The molecule has 0 aromatic heterocycles. The molecule has 122 valence electrons. The quantitative estimate of drug-likeness (QED) is 0.662. The number of nitrogen functional groups attached to an aromatic ring is 1. The van der Waals surface area contributed by atoms with Crippen molar-refractivity contribution in [1.82, 2.24) is 4.90 Å². The molecule has 1 unspecified atom stereocenters. The van der Waals surface area contributed by atoms with Crippen molar-refractivity contribution in [2.45, 2.75) is 46.5 Å². The molecule has 2 rings (SSSR count). The number of nitrogens with zero attached hydrogens (tertiary/aromatic N) is 1. The lowest BCUT2D eigenvalue weighted by molar-refractivity contribution is -0.135. The third-order valence-electron chi connectivity index (χ3n) is 3.90. The minimum absolute atomic E-state index is 0.0104. The number of hydrogen-bond donors (Lipinski definition) is 2. The molecule has 3 N–H and O–H groups in total. The third-order valence-corrected chi connectivity index (χ3v) is 3.90. The predicted molar refractivity (Wildman–Crippen MR) is 92.1 cm³/mol. The van der Waals surface area contributed by atoms with E-state index in [2.05, 4.69) is 0 Å². The van der Waals surface area contributed by atoms with Gasteiger partial charge in [-0.1, -0.05) is 45.0 Å². The van der Waals surface area contributed by atoms with Crippen LogP contribution in [0.4, 0.5) is 0 Å². The van der Waals surface area contributed by atoms with Crippen molar-refractivity contribution in [2.75, 3.05) is 13.1 Å². The summed E-state index contributed by atoms with van der Waals surface area (Å²) in [6.07, 6.45) is 4.25. The van der Waals surface area contributed by atoms with Crippen molar-refractivity contribution in [3.8, 4) is 0 Å². The summed E-state index contributed by atoms with van der Waals surface area (Å²) in [7, 11) is 0. The van der Waals surface area contributed by atoms with Crippen LogP contribution in [0.3, 0.4) is 0 Å². The van der Waals surface area contributed by atoms with Crippen molar-refractivity contribution >= 4 is 11.7 Å². The van der Waals surface area contributed by atoms with Crippen molar-refractivity contribution in [3.05, 3.63) is 35.4 Å². The highest BCUT2D eigenvalue weighted by Gasteiger charge is 2.22. The van der Waals surface area contributed by atoms with Crippen LogP contribution in [0.15, 0.2) is 24.3 Å². The van der Waals surface area contributed by atoms with E-state index >= 15 is 0 Å². The molecule has 0 bridgehead atoms. The molecule has 4 heteroatoms. The van der Waals surface area contributed by atoms with Crippen molar-refractivity contribution in [2.24, 2.45) is 11.7 Å². The van der Waals surface area contributed by atoms with Gasteiger partial charge in [-0.2, -0.15) is 0 Å². The van der Waals surface area contributed by atoms with E-state index in [4.69, 9.17) is 11.1 Å². The van der Waals surface area contributed by atoms with E-state index in [0.717, 1.165) is 43.5 Å². The van der Waals surface area contributed by atoms with Gasteiger partial charge in [0.1, 0.15) is 5.84 Å². The van der Waals surface area contributed by atoms with E-state index in [1.165, 1.54) is 6.42 Å². The van der Waals surface area contributed by atoms with Crippen LogP contribution in [0.1, 0.15) is 51.2 Å². The molecular formula is C18H29N3O. The van der Waals surface area contributed by atoms with E-state index < -0.39 is 0 Å². The molecule has 1 fully saturated rings. The zero-order valence-corrected chi connectivity index (χ0v) is 14.1. The van der Waals surface area contributed by atoms with Gasteiger partial charge < -0.3 is 10.6 Å². The molecule has 1 aliphatic heterocycles. The molecule has 1 saturated heterocycles. The molecule has 0 spiro atoms. The summed E-state index contributed by atoms with van der Waals surface area (Å²) in [5.41, 5.74) is 7.28. The lowest BCUT2D eigenvalue weighted by Gasteiger charge is -2.29. The molecule has 0 radical (unpaired) electrons. The second-order valence-corrected chi connectivity index (χ2v) is 5.60. The number of nitrogens with one attached hydrogen (secondary N) is 1. The zero-order chi connectivity index (χ0) is 16.5. The van der Waals surface area contributed by atoms with Gasteiger partial charge in [-0.25, -0.2) is 0 Å². The summed E-state index contributed by atoms with van der Waals surface area (Å²) in [5, 5.41) is 7.37. The second kappa shape index (κ2) is 9.23. The first-order valence-electron chi connectivity index (χ1n) is 8.30. The Morgan fingerprint density at radius 3 is 2.23 bits per heavy atom. The van der Waals surface area contributed by atoms with Crippen LogP contribution >= 0.6 is 0 Å². The number of piperidine rings is 1. The Morgan fingerprint density at radius 2 is 1.73 bits per heavy atom. The number of likely N-dealkylation sites (tertiary alicyclic amines) is 1. The zero-order valence-electron chi connectivity index (χ0n) is 14.1. The molecule has 4 nitrogen and oxygen atoms in total. The number of carbonyl (C=O) groups is 1. The fourth-order valence-corrected chi connectivity index (χ4v) is 2.69. The molecule has 1 aromatic carbocycles. The first kappa shape index (κ1) is 18.2. The Balaban J connectivity index is 0.00000116. The topological polar surface area (TPSA) is 70.2 Å². The predicted octanol–water partition coefficient (Wildman–Crippen LogP) is 3.19. The lowest BCUT2D eigenvalue weighted by Crippen LogP contribution is -2.39. The Morgan fingerprint density at radius 1 is 1.18 bits per heavy atom. The van der Waals surface area contributed by atoms with Gasteiger partial charge in [-0.05, 0) is 31.2 Å². The van der Waals surface area contributed by atoms with Crippen LogP contribution in [0, 0.1) is 11.3 Å². The Kier molecular flexibility index (Phi) is 7.64. The molecule has 1 aliphatic rings. The first-order valence-corrected chi connectivity index (χ1v) is 8.30. The summed E-state index contributed by atoms with van der Waals surface area (Å²) in [6, 6.07) is 7.60. The molecule has 1 heterocycles. The number of nitrogens with two attached hydrogens (primary N) is 1. The van der Waals surface area contributed by atoms with Crippen LogP contribution in [-0.2, 0) is 11.2 Å². The fraction of sp³-hybridized carbons (Fsp3) is 0.556. The third kappa shape index (κ3) is 5.17. The normalized spacial score (nSPS) is 15.5. The number of amides is 1. The number of benzene rings is 1. The summed E-state index contributed by atoms with van der Waals surface area (Å²) < 4.78 is 0. The smallest absolute Gasteiger partial charge is 0.225 e. The second-order valence-electron chi connectivity index (χ2n) is 5.60. The fourth-order valence-electron chi connectivity index (χ4n) is 2.69. The SMILES string of the molecule is CC.CC(Cc1ccc(C(=N)N)cc1)C(=O)N1CCCCC1. The molecule has 0 saturated carbocycles. The maximum atomic E-state index is 12.3. The average Bonchev–Trinajstić information content (AvgIpc) is 2.57. The lowest BCUT2D eigenvalue weighted by atomic mass is 9.97. The summed E-state index contributed by atoms with van der Waals surface area (Å²) in [6.45, 7) is 7.81. The highest BCUT2D eigenvalue weighted by atomic mass is 16.2. The number of carbonyl (C=O) groups excluding carboxylic acids is 1. The Labute approximate surface area is 134 Å². The molecule has 1 atom stereocenters. The number of amidine groups is 1. The van der Waals surface area contributed by atoms with E-state index in [1.807, 2.05) is 49.9 Å². The highest BCUT2D eigenvalue weighted by molar-refractivity contribution is 5.94. The highest BCUT2D eigenvalue weighted by Crippen LogP contribution is 2.16. The monoisotopic (exact) mass is 303 g/mol. The molecule has 1 amide bonds. The van der Waals surface area contributed by atoms with Crippen LogP contribution < -0.4 is 5.73 Å². The number of rotatable bonds is 4. The van der Waals surface area contributed by atoms with Crippen LogP contribution in [0.2, 0.25) is 0 Å².